The number of hydrogen-bond acceptors (Lipinski definition) is 6. The van der Waals surface area contributed by atoms with Gasteiger partial charge in [-0.25, -0.2) is 0 Å². The molecule has 0 saturated carbocycles. The Labute approximate surface area is 123 Å². The van der Waals surface area contributed by atoms with E-state index in [4.69, 9.17) is 15.2 Å². The Bertz CT molecular complexity index is 528. The average molecular weight is 296 g/mol. The van der Waals surface area contributed by atoms with Crippen molar-refractivity contribution in [3.05, 3.63) is 33.9 Å². The van der Waals surface area contributed by atoms with E-state index < -0.39 is 16.4 Å². The predicted molar refractivity (Wildman–Crippen MR) is 77.2 cm³/mol. The Hall–Kier alpha value is -2.15. The highest BCUT2D eigenvalue weighted by Crippen LogP contribution is 2.23. The number of carbonyl (C=O) groups is 1. The van der Waals surface area contributed by atoms with Crippen LogP contribution < -0.4 is 10.5 Å². The van der Waals surface area contributed by atoms with Crippen molar-refractivity contribution < 1.29 is 19.2 Å². The molecule has 0 aliphatic rings. The van der Waals surface area contributed by atoms with Gasteiger partial charge in [0.2, 0.25) is 0 Å². The highest BCUT2D eigenvalue weighted by molar-refractivity contribution is 5.79. The zero-order valence-corrected chi connectivity index (χ0v) is 12.4. The van der Waals surface area contributed by atoms with Crippen LogP contribution >= 0.6 is 0 Å². The molecular formula is C14H20N2O5. The molecule has 1 unspecified atom stereocenters. The number of rotatable bonds is 7. The Kier molecular flexibility index (Phi) is 5.66. The fourth-order valence-corrected chi connectivity index (χ4v) is 1.70. The van der Waals surface area contributed by atoms with Gasteiger partial charge in [-0.3, -0.25) is 14.9 Å². The third-order valence-electron chi connectivity index (χ3n) is 3.00. The van der Waals surface area contributed by atoms with Crippen molar-refractivity contribution in [2.45, 2.75) is 32.7 Å². The summed E-state index contributed by atoms with van der Waals surface area (Å²) in [6, 6.07) is 4.48. The minimum Gasteiger partial charge on any atom is -0.493 e. The Morgan fingerprint density at radius 3 is 2.67 bits per heavy atom. The van der Waals surface area contributed by atoms with E-state index in [1.54, 1.807) is 26.8 Å². The summed E-state index contributed by atoms with van der Waals surface area (Å²) < 4.78 is 10.4. The number of benzene rings is 1. The van der Waals surface area contributed by atoms with Gasteiger partial charge in [0.1, 0.15) is 11.3 Å². The molecule has 7 heteroatoms. The molecule has 116 valence electrons. The normalized spacial score (nSPS) is 13.3. The summed E-state index contributed by atoms with van der Waals surface area (Å²) in [6.07, 6.45) is 0.280. The summed E-state index contributed by atoms with van der Waals surface area (Å²) in [5.74, 6) is 0.0197. The lowest BCUT2D eigenvalue weighted by molar-refractivity contribution is -0.385. The molecule has 0 heterocycles. The van der Waals surface area contributed by atoms with Crippen LogP contribution in [0.1, 0.15) is 25.8 Å². The van der Waals surface area contributed by atoms with Crippen molar-refractivity contribution in [2.24, 2.45) is 5.73 Å². The predicted octanol–water partition coefficient (Wildman–Crippen LogP) is 1.95. The van der Waals surface area contributed by atoms with E-state index >= 15 is 0 Å². The molecule has 2 N–H and O–H groups in total. The minimum absolute atomic E-state index is 0.0394. The maximum absolute atomic E-state index is 11.6. The van der Waals surface area contributed by atoms with E-state index in [-0.39, 0.29) is 25.3 Å². The molecule has 0 amide bonds. The summed E-state index contributed by atoms with van der Waals surface area (Å²) >= 11 is 0. The van der Waals surface area contributed by atoms with Crippen LogP contribution in [0.4, 0.5) is 5.69 Å². The van der Waals surface area contributed by atoms with Gasteiger partial charge in [-0.1, -0.05) is 0 Å². The fourth-order valence-electron chi connectivity index (χ4n) is 1.70. The average Bonchev–Trinajstić information content (AvgIpc) is 2.38. The molecule has 0 aromatic heterocycles. The molecule has 1 aromatic carbocycles. The van der Waals surface area contributed by atoms with Crippen LogP contribution in [0.5, 0.6) is 5.75 Å². The van der Waals surface area contributed by atoms with Gasteiger partial charge < -0.3 is 15.2 Å². The number of ether oxygens (including phenoxy) is 2. The first kappa shape index (κ1) is 16.9. The Balaban J connectivity index is 2.58. The Morgan fingerprint density at radius 1 is 1.48 bits per heavy atom. The minimum atomic E-state index is -1.12. The van der Waals surface area contributed by atoms with Crippen molar-refractivity contribution in [1.29, 1.82) is 0 Å². The van der Waals surface area contributed by atoms with Crippen LogP contribution in [-0.4, -0.2) is 29.6 Å². The second kappa shape index (κ2) is 7.03. The molecule has 7 nitrogen and oxygen atoms in total. The lowest BCUT2D eigenvalue weighted by atomic mass is 10.0. The molecule has 0 spiro atoms. The van der Waals surface area contributed by atoms with E-state index in [0.29, 0.717) is 11.3 Å². The Morgan fingerprint density at radius 2 is 2.14 bits per heavy atom. The number of esters is 1. The van der Waals surface area contributed by atoms with E-state index in [1.807, 2.05) is 0 Å². The van der Waals surface area contributed by atoms with Gasteiger partial charge in [0, 0.05) is 18.1 Å². The summed E-state index contributed by atoms with van der Waals surface area (Å²) in [5, 5.41) is 10.7. The van der Waals surface area contributed by atoms with E-state index in [0.717, 1.165) is 0 Å². The molecule has 1 aromatic rings. The summed E-state index contributed by atoms with van der Waals surface area (Å²) in [5.41, 5.74) is 5.29. The van der Waals surface area contributed by atoms with Crippen LogP contribution in [0.15, 0.2) is 18.2 Å². The maximum atomic E-state index is 11.6. The van der Waals surface area contributed by atoms with Gasteiger partial charge in [-0.05, 0) is 32.9 Å². The first-order valence-corrected chi connectivity index (χ1v) is 6.62. The topological polar surface area (TPSA) is 105 Å². The van der Waals surface area contributed by atoms with E-state index in [9.17, 15) is 14.9 Å². The monoisotopic (exact) mass is 296 g/mol. The molecule has 1 atom stereocenters. The van der Waals surface area contributed by atoms with Crippen LogP contribution in [-0.2, 0) is 9.53 Å². The van der Waals surface area contributed by atoms with E-state index in [1.165, 1.54) is 12.1 Å². The third-order valence-corrected chi connectivity index (χ3v) is 3.00. The first-order valence-electron chi connectivity index (χ1n) is 6.62. The molecule has 0 saturated heterocycles. The van der Waals surface area contributed by atoms with Crippen LogP contribution in [0.25, 0.3) is 0 Å². The van der Waals surface area contributed by atoms with Gasteiger partial charge >= 0.3 is 5.97 Å². The van der Waals surface area contributed by atoms with Crippen molar-refractivity contribution in [1.82, 2.24) is 0 Å². The zero-order chi connectivity index (χ0) is 16.0. The molecule has 0 aliphatic heterocycles. The highest BCUT2D eigenvalue weighted by atomic mass is 16.6. The number of nitrogens with two attached hydrogens (primary N) is 1. The largest absolute Gasteiger partial charge is 0.493 e. The van der Waals surface area contributed by atoms with Crippen molar-refractivity contribution >= 4 is 11.7 Å². The van der Waals surface area contributed by atoms with E-state index in [2.05, 4.69) is 0 Å². The van der Waals surface area contributed by atoms with Gasteiger partial charge in [-0.15, -0.1) is 0 Å². The SMILES string of the molecule is CCOC(=O)C(C)(N)CCOc1ccc([N+](=O)[O-])c(C)c1. The lowest BCUT2D eigenvalue weighted by Gasteiger charge is -2.22. The summed E-state index contributed by atoms with van der Waals surface area (Å²) in [7, 11) is 0. The fraction of sp³-hybridized carbons (Fsp3) is 0.500. The van der Waals surface area contributed by atoms with Crippen molar-refractivity contribution in [2.75, 3.05) is 13.2 Å². The van der Waals surface area contributed by atoms with Crippen molar-refractivity contribution in [3.63, 3.8) is 0 Å². The second-order valence-electron chi connectivity index (χ2n) is 4.94. The van der Waals surface area contributed by atoms with Crippen LogP contribution in [0, 0.1) is 17.0 Å². The quantitative estimate of drug-likeness (QED) is 0.468. The molecule has 0 radical (unpaired) electrons. The number of nitrogens with zero attached hydrogens (tertiary/aromatic N) is 1. The van der Waals surface area contributed by atoms with Gasteiger partial charge in [0.25, 0.3) is 5.69 Å². The number of nitro groups is 1. The van der Waals surface area contributed by atoms with Gasteiger partial charge in [0.05, 0.1) is 18.1 Å². The maximum Gasteiger partial charge on any atom is 0.325 e. The summed E-state index contributed by atoms with van der Waals surface area (Å²) in [4.78, 5) is 21.9. The third kappa shape index (κ3) is 4.71. The number of carbonyl (C=O) groups excluding carboxylic acids is 1. The molecule has 1 rings (SSSR count). The molecular weight excluding hydrogens is 276 g/mol. The number of hydrogen-bond donors (Lipinski definition) is 1. The zero-order valence-electron chi connectivity index (χ0n) is 12.4. The number of nitro benzene ring substituents is 1. The molecule has 0 aliphatic carbocycles. The van der Waals surface area contributed by atoms with Crippen LogP contribution in [0.3, 0.4) is 0 Å². The first-order chi connectivity index (χ1) is 9.77. The van der Waals surface area contributed by atoms with Crippen LogP contribution in [0.2, 0.25) is 0 Å². The molecule has 0 fully saturated rings. The second-order valence-corrected chi connectivity index (χ2v) is 4.94. The standard InChI is InChI=1S/C14H20N2O5/c1-4-20-13(17)14(3,15)7-8-21-11-5-6-12(16(18)19)10(2)9-11/h5-6,9H,4,7-8,15H2,1-3H3. The lowest BCUT2D eigenvalue weighted by Crippen LogP contribution is -2.47. The number of aryl methyl sites for hydroxylation is 1. The molecule has 21 heavy (non-hydrogen) atoms. The summed E-state index contributed by atoms with van der Waals surface area (Å²) in [6.45, 7) is 5.41. The van der Waals surface area contributed by atoms with Gasteiger partial charge in [0.15, 0.2) is 0 Å². The highest BCUT2D eigenvalue weighted by Gasteiger charge is 2.29. The smallest absolute Gasteiger partial charge is 0.325 e. The van der Waals surface area contributed by atoms with Gasteiger partial charge in [-0.2, -0.15) is 0 Å². The van der Waals surface area contributed by atoms with Crippen molar-refractivity contribution in [3.8, 4) is 5.75 Å². The molecule has 0 bridgehead atoms.